The maximum Gasteiger partial charge on any atom is 0.277 e. The standard InChI is InChI=1S/C25H27ClN4O2S/c1-16-10-11-17(26)13-20(16)30-23(31)21-14-19(22-9-6-12-33-22)28-29(21)15-25(30,2)24(32)27-18-7-4-3-5-8-18/h6,9-14,18H,3-5,7-8,15H2,1-2H3,(H,27,32)/t25-/m1/s1. The molecule has 1 N–H and O–H groups in total. The third-order valence-corrected chi connectivity index (χ3v) is 7.90. The molecular formula is C25H27ClN4O2S. The molecule has 1 atom stereocenters. The van der Waals surface area contributed by atoms with E-state index in [0.29, 0.717) is 16.4 Å². The average molecular weight is 483 g/mol. The Morgan fingerprint density at radius 3 is 2.73 bits per heavy atom. The molecule has 3 heterocycles. The molecule has 33 heavy (non-hydrogen) atoms. The van der Waals surface area contributed by atoms with Gasteiger partial charge < -0.3 is 5.32 Å². The Morgan fingerprint density at radius 1 is 1.21 bits per heavy atom. The number of nitrogens with zero attached hydrogens (tertiary/aromatic N) is 3. The van der Waals surface area contributed by atoms with E-state index in [2.05, 4.69) is 5.32 Å². The number of aryl methyl sites for hydroxylation is 1. The van der Waals surface area contributed by atoms with Gasteiger partial charge in [0.25, 0.3) is 5.91 Å². The average Bonchev–Trinajstić information content (AvgIpc) is 3.47. The van der Waals surface area contributed by atoms with Crippen LogP contribution in [0.25, 0.3) is 10.6 Å². The number of aromatic nitrogens is 2. The number of carbonyl (C=O) groups excluding carboxylic acids is 2. The fourth-order valence-corrected chi connectivity index (χ4v) is 5.76. The molecular weight excluding hydrogens is 456 g/mol. The number of benzene rings is 1. The number of hydrogen-bond donors (Lipinski definition) is 1. The summed E-state index contributed by atoms with van der Waals surface area (Å²) in [6.07, 6.45) is 5.39. The number of hydrogen-bond acceptors (Lipinski definition) is 4. The van der Waals surface area contributed by atoms with Crippen molar-refractivity contribution in [2.75, 3.05) is 4.90 Å². The third-order valence-electron chi connectivity index (χ3n) is 6.77. The molecule has 1 aliphatic heterocycles. The van der Waals surface area contributed by atoms with Crippen molar-refractivity contribution >= 4 is 40.4 Å². The van der Waals surface area contributed by atoms with Crippen molar-refractivity contribution in [1.82, 2.24) is 15.1 Å². The van der Waals surface area contributed by atoms with Crippen LogP contribution in [0.4, 0.5) is 5.69 Å². The first-order chi connectivity index (χ1) is 15.9. The van der Waals surface area contributed by atoms with Crippen LogP contribution in [0.3, 0.4) is 0 Å². The molecule has 2 aromatic heterocycles. The molecule has 3 aromatic rings. The molecule has 8 heteroatoms. The number of fused-ring (bicyclic) bond motifs is 1. The van der Waals surface area contributed by atoms with Gasteiger partial charge in [0.15, 0.2) is 0 Å². The van der Waals surface area contributed by atoms with Gasteiger partial charge in [0, 0.05) is 16.8 Å². The van der Waals surface area contributed by atoms with Crippen molar-refractivity contribution in [3.05, 3.63) is 58.1 Å². The number of amides is 2. The Balaban J connectivity index is 1.59. The van der Waals surface area contributed by atoms with Crippen LogP contribution in [0, 0.1) is 6.92 Å². The molecule has 6 nitrogen and oxygen atoms in total. The largest absolute Gasteiger partial charge is 0.351 e. The van der Waals surface area contributed by atoms with Crippen LogP contribution in [0.1, 0.15) is 55.1 Å². The lowest BCUT2D eigenvalue weighted by molar-refractivity contribution is -0.127. The predicted molar refractivity (Wildman–Crippen MR) is 132 cm³/mol. The van der Waals surface area contributed by atoms with Gasteiger partial charge in [-0.3, -0.25) is 19.2 Å². The van der Waals surface area contributed by atoms with Crippen molar-refractivity contribution in [2.24, 2.45) is 0 Å². The summed E-state index contributed by atoms with van der Waals surface area (Å²) in [5.74, 6) is -0.399. The SMILES string of the molecule is Cc1ccc(Cl)cc1N1C(=O)c2cc(-c3cccs3)nn2C[C@]1(C)C(=O)NC1CCCCC1. The third kappa shape index (κ3) is 3.97. The van der Waals surface area contributed by atoms with E-state index in [1.807, 2.05) is 43.5 Å². The summed E-state index contributed by atoms with van der Waals surface area (Å²) < 4.78 is 1.69. The van der Waals surface area contributed by atoms with Gasteiger partial charge in [0.2, 0.25) is 5.91 Å². The molecule has 1 saturated carbocycles. The van der Waals surface area contributed by atoms with Crippen molar-refractivity contribution in [3.8, 4) is 10.6 Å². The molecule has 0 radical (unpaired) electrons. The lowest BCUT2D eigenvalue weighted by atomic mass is 9.90. The lowest BCUT2D eigenvalue weighted by Crippen LogP contribution is -2.65. The Morgan fingerprint density at radius 2 is 2.00 bits per heavy atom. The van der Waals surface area contributed by atoms with E-state index in [-0.39, 0.29) is 24.4 Å². The minimum absolute atomic E-state index is 0.140. The van der Waals surface area contributed by atoms with Gasteiger partial charge in [-0.05, 0) is 61.9 Å². The quantitative estimate of drug-likeness (QED) is 0.538. The van der Waals surface area contributed by atoms with E-state index in [1.54, 1.807) is 33.1 Å². The topological polar surface area (TPSA) is 67.2 Å². The minimum Gasteiger partial charge on any atom is -0.351 e. The molecule has 5 rings (SSSR count). The number of halogens is 1. The Bertz CT molecular complexity index is 1200. The van der Waals surface area contributed by atoms with E-state index < -0.39 is 5.54 Å². The summed E-state index contributed by atoms with van der Waals surface area (Å²) in [4.78, 5) is 30.3. The van der Waals surface area contributed by atoms with E-state index in [4.69, 9.17) is 16.7 Å². The maximum atomic E-state index is 13.9. The van der Waals surface area contributed by atoms with E-state index >= 15 is 0 Å². The number of rotatable bonds is 4. The van der Waals surface area contributed by atoms with E-state index in [1.165, 1.54) is 6.42 Å². The molecule has 0 unspecified atom stereocenters. The second-order valence-corrected chi connectivity index (χ2v) is 10.6. The van der Waals surface area contributed by atoms with Crippen molar-refractivity contribution in [1.29, 1.82) is 0 Å². The first-order valence-corrected chi connectivity index (χ1v) is 12.7. The van der Waals surface area contributed by atoms with Crippen LogP contribution in [-0.4, -0.2) is 33.2 Å². The highest BCUT2D eigenvalue weighted by molar-refractivity contribution is 7.13. The van der Waals surface area contributed by atoms with Crippen molar-refractivity contribution < 1.29 is 9.59 Å². The highest BCUT2D eigenvalue weighted by Crippen LogP contribution is 2.37. The zero-order chi connectivity index (χ0) is 23.2. The number of thiophene rings is 1. The molecule has 2 amide bonds. The van der Waals surface area contributed by atoms with Gasteiger partial charge >= 0.3 is 0 Å². The molecule has 1 aliphatic carbocycles. The van der Waals surface area contributed by atoms with Gasteiger partial charge in [-0.2, -0.15) is 5.10 Å². The van der Waals surface area contributed by atoms with Crippen LogP contribution in [0.15, 0.2) is 41.8 Å². The molecule has 1 aromatic carbocycles. The van der Waals surface area contributed by atoms with Crippen LogP contribution in [-0.2, 0) is 11.3 Å². The normalized spacial score (nSPS) is 21.2. The molecule has 1 fully saturated rings. The van der Waals surface area contributed by atoms with Crippen LogP contribution < -0.4 is 10.2 Å². The number of nitrogens with one attached hydrogen (secondary N) is 1. The number of carbonyl (C=O) groups is 2. The first kappa shape index (κ1) is 22.2. The lowest BCUT2D eigenvalue weighted by Gasteiger charge is -2.44. The highest BCUT2D eigenvalue weighted by atomic mass is 35.5. The van der Waals surface area contributed by atoms with Crippen molar-refractivity contribution in [2.45, 2.75) is 64.1 Å². The molecule has 0 saturated heterocycles. The molecule has 0 spiro atoms. The van der Waals surface area contributed by atoms with Gasteiger partial charge in [-0.25, -0.2) is 0 Å². The van der Waals surface area contributed by atoms with Gasteiger partial charge in [-0.1, -0.05) is 43.0 Å². The first-order valence-electron chi connectivity index (χ1n) is 11.4. The van der Waals surface area contributed by atoms with Gasteiger partial charge in [0.1, 0.15) is 16.9 Å². The Hall–Kier alpha value is -2.64. The Labute approximate surface area is 202 Å². The fraction of sp³-hybridized carbons (Fsp3) is 0.400. The smallest absolute Gasteiger partial charge is 0.277 e. The second-order valence-electron chi connectivity index (χ2n) is 9.20. The summed E-state index contributed by atoms with van der Waals surface area (Å²) in [5.41, 5.74) is 1.61. The van der Waals surface area contributed by atoms with Gasteiger partial charge in [-0.15, -0.1) is 11.3 Å². The Kier molecular flexibility index (Phi) is 5.79. The number of anilines is 1. The summed E-state index contributed by atoms with van der Waals surface area (Å²) in [6.45, 7) is 4.03. The monoisotopic (exact) mass is 482 g/mol. The highest BCUT2D eigenvalue weighted by Gasteiger charge is 2.49. The van der Waals surface area contributed by atoms with Crippen LogP contribution in [0.2, 0.25) is 5.02 Å². The van der Waals surface area contributed by atoms with E-state index in [0.717, 1.165) is 41.8 Å². The predicted octanol–water partition coefficient (Wildman–Crippen LogP) is 5.44. The summed E-state index contributed by atoms with van der Waals surface area (Å²) >= 11 is 7.90. The zero-order valence-electron chi connectivity index (χ0n) is 18.8. The second kappa shape index (κ2) is 8.61. The molecule has 172 valence electrons. The van der Waals surface area contributed by atoms with E-state index in [9.17, 15) is 9.59 Å². The minimum atomic E-state index is -1.14. The van der Waals surface area contributed by atoms with Crippen LogP contribution >= 0.6 is 22.9 Å². The zero-order valence-corrected chi connectivity index (χ0v) is 20.4. The molecule has 2 aliphatic rings. The van der Waals surface area contributed by atoms with Gasteiger partial charge in [0.05, 0.1) is 11.4 Å². The summed E-state index contributed by atoms with van der Waals surface area (Å²) in [7, 11) is 0. The summed E-state index contributed by atoms with van der Waals surface area (Å²) in [6, 6.07) is 11.4. The fourth-order valence-electron chi connectivity index (χ4n) is 4.92. The van der Waals surface area contributed by atoms with Crippen LogP contribution in [0.5, 0.6) is 0 Å². The maximum absolute atomic E-state index is 13.9. The van der Waals surface area contributed by atoms with Crippen molar-refractivity contribution in [3.63, 3.8) is 0 Å². The molecule has 0 bridgehead atoms. The summed E-state index contributed by atoms with van der Waals surface area (Å²) in [5, 5.41) is 10.5.